The third-order valence-corrected chi connectivity index (χ3v) is 11.0. The van der Waals surface area contributed by atoms with E-state index < -0.39 is 71.3 Å². The van der Waals surface area contributed by atoms with Crippen LogP contribution in [0.1, 0.15) is 108 Å². The smallest absolute Gasteiger partial charge is 0.408 e. The average Bonchev–Trinajstić information content (AvgIpc) is 3.21. The highest BCUT2D eigenvalue weighted by molar-refractivity contribution is 5.88. The molecule has 0 aromatic rings. The van der Waals surface area contributed by atoms with Gasteiger partial charge in [-0.2, -0.15) is 0 Å². The molecule has 0 aliphatic heterocycles. The van der Waals surface area contributed by atoms with Crippen LogP contribution in [0.5, 0.6) is 0 Å². The van der Waals surface area contributed by atoms with Crippen molar-refractivity contribution in [2.45, 2.75) is 132 Å². The molecule has 69 heavy (non-hydrogen) atoms. The van der Waals surface area contributed by atoms with Gasteiger partial charge < -0.3 is 59.2 Å². The Balaban J connectivity index is 1.85. The summed E-state index contributed by atoms with van der Waals surface area (Å²) in [6, 6.07) is -0.636. The van der Waals surface area contributed by atoms with E-state index in [0.717, 1.165) is 0 Å². The number of ether oxygens (including phenoxy) is 8. The number of carbonyl (C=O) groups excluding carboxylic acids is 8. The van der Waals surface area contributed by atoms with E-state index >= 15 is 0 Å². The van der Waals surface area contributed by atoms with Crippen molar-refractivity contribution in [3.05, 3.63) is 48.6 Å². The van der Waals surface area contributed by atoms with Gasteiger partial charge in [0.1, 0.15) is 39.9 Å². The van der Waals surface area contributed by atoms with Crippen molar-refractivity contribution in [3.63, 3.8) is 0 Å². The summed E-state index contributed by atoms with van der Waals surface area (Å²) < 4.78 is 42.0. The van der Waals surface area contributed by atoms with Gasteiger partial charge in [-0.1, -0.05) is 67.9 Å². The van der Waals surface area contributed by atoms with Crippen LogP contribution in [0.3, 0.4) is 0 Å². The number of nitrogens with one attached hydrogen (secondary N) is 5. The lowest BCUT2D eigenvalue weighted by Gasteiger charge is -2.46. The Morgan fingerprint density at radius 1 is 0.464 bits per heavy atom. The fourth-order valence-electron chi connectivity index (χ4n) is 8.79. The first-order chi connectivity index (χ1) is 31.9. The van der Waals surface area contributed by atoms with Crippen LogP contribution in [-0.4, -0.2) is 126 Å². The topological polar surface area (TPSA) is 271 Å². The molecule has 21 nitrogen and oxygen atoms in total. The van der Waals surface area contributed by atoms with Crippen molar-refractivity contribution in [2.75, 3.05) is 53.0 Å². The van der Waals surface area contributed by atoms with Gasteiger partial charge >= 0.3 is 48.3 Å². The highest BCUT2D eigenvalue weighted by atomic mass is 16.6. The SMILES string of the molecule is C=C(C)C(=O)OCC(COC(=O)C(=C)C)OC(=O)NCC1(C)CC(NC(=O)OCNCOC(=O)NC2CC(C)(C)CC(C)(CNC(=O)OC(COC(=O)C(=C)C)COC(=O)C(=C)C)C2)CC(C)(C)C1. The lowest BCUT2D eigenvalue weighted by atomic mass is 9.62. The van der Waals surface area contributed by atoms with E-state index in [1.807, 2.05) is 13.8 Å². The van der Waals surface area contributed by atoms with E-state index in [0.29, 0.717) is 38.5 Å². The third-order valence-electron chi connectivity index (χ3n) is 11.0. The summed E-state index contributed by atoms with van der Waals surface area (Å²) >= 11 is 0. The largest absolute Gasteiger partial charge is 0.458 e. The molecule has 0 heterocycles. The predicted octanol–water partition coefficient (Wildman–Crippen LogP) is 5.78. The summed E-state index contributed by atoms with van der Waals surface area (Å²) in [5.74, 6) is -2.80. The Hall–Kier alpha value is -6.12. The number of hydrogen-bond donors (Lipinski definition) is 5. The van der Waals surface area contributed by atoms with Gasteiger partial charge in [0, 0.05) is 47.5 Å². The van der Waals surface area contributed by atoms with Gasteiger partial charge in [0.15, 0.2) is 12.2 Å². The van der Waals surface area contributed by atoms with Crippen molar-refractivity contribution < 1.29 is 76.3 Å². The van der Waals surface area contributed by atoms with Crippen LogP contribution in [-0.2, 0) is 57.1 Å². The summed E-state index contributed by atoms with van der Waals surface area (Å²) in [6.45, 7) is 30.4. The first kappa shape index (κ1) is 59.0. The van der Waals surface area contributed by atoms with Gasteiger partial charge in [0.25, 0.3) is 0 Å². The zero-order valence-corrected chi connectivity index (χ0v) is 42.1. The number of rotatable bonds is 24. The molecule has 2 aliphatic rings. The van der Waals surface area contributed by atoms with Crippen LogP contribution in [0.2, 0.25) is 0 Å². The van der Waals surface area contributed by atoms with Crippen molar-refractivity contribution in [1.29, 1.82) is 0 Å². The van der Waals surface area contributed by atoms with Crippen LogP contribution in [0.25, 0.3) is 0 Å². The number of esters is 4. The minimum Gasteiger partial charge on any atom is -0.458 e. The molecule has 0 saturated heterocycles. The van der Waals surface area contributed by atoms with Gasteiger partial charge in [-0.25, -0.2) is 38.4 Å². The van der Waals surface area contributed by atoms with Crippen LogP contribution in [0, 0.1) is 21.7 Å². The highest BCUT2D eigenvalue weighted by Gasteiger charge is 2.44. The molecule has 2 aliphatic carbocycles. The second kappa shape index (κ2) is 26.6. The van der Waals surface area contributed by atoms with Gasteiger partial charge in [0.2, 0.25) is 0 Å². The normalized spacial score (nSPS) is 21.2. The summed E-state index contributed by atoms with van der Waals surface area (Å²) in [4.78, 5) is 99.3. The van der Waals surface area contributed by atoms with E-state index in [2.05, 4.69) is 80.6 Å². The monoisotopic (exact) mass is 978 g/mol. The maximum Gasteiger partial charge on any atom is 0.408 e. The number of alkyl carbamates (subject to hydrolysis) is 4. The fourth-order valence-corrected chi connectivity index (χ4v) is 8.79. The molecule has 0 radical (unpaired) electrons. The zero-order chi connectivity index (χ0) is 52.3. The molecular weight excluding hydrogens is 903 g/mol. The lowest BCUT2D eigenvalue weighted by molar-refractivity contribution is -0.149. The third kappa shape index (κ3) is 23.2. The molecule has 4 unspecified atom stereocenters. The van der Waals surface area contributed by atoms with E-state index in [-0.39, 0.29) is 98.2 Å². The standard InChI is InChI=1S/C48H75N5O16/c1-29(2)37(54)62-19-35(20-63-38(55)30(3)4)68-41(58)50-25-47(13)17-33(15-45(9,10)23-47)52-43(60)66-27-49-28-67-44(61)53-34-16-46(11,12)24-48(14,18-34)26-51-42(59)69-36(21-64-39(56)31(5)6)22-65-40(57)32(7)8/h33-36,49H,1,3,5,7,15-28H2,2,4,6,8-14H3,(H,50,58)(H,51,59)(H,52,60)(H,53,61). The summed E-state index contributed by atoms with van der Waals surface area (Å²) in [5.41, 5.74) is -0.891. The quantitative estimate of drug-likeness (QED) is 0.0252. The second-order valence-corrected chi connectivity index (χ2v) is 20.5. The Bertz CT molecular complexity index is 1740. The maximum absolute atomic E-state index is 12.9. The lowest BCUT2D eigenvalue weighted by Crippen LogP contribution is -2.51. The molecule has 388 valence electrons. The molecule has 4 amide bonds. The number of amides is 4. The first-order valence-corrected chi connectivity index (χ1v) is 22.7. The van der Waals surface area contributed by atoms with Gasteiger partial charge in [-0.3, -0.25) is 5.32 Å². The predicted molar refractivity (Wildman–Crippen MR) is 251 cm³/mol. The van der Waals surface area contributed by atoms with E-state index in [1.54, 1.807) is 0 Å². The Morgan fingerprint density at radius 2 is 0.754 bits per heavy atom. The average molecular weight is 978 g/mol. The molecule has 0 bridgehead atoms. The molecule has 5 N–H and O–H groups in total. The van der Waals surface area contributed by atoms with Crippen molar-refractivity contribution >= 4 is 48.3 Å². The summed E-state index contributed by atoms with van der Waals surface area (Å²) in [6.07, 6.45) is -1.63. The van der Waals surface area contributed by atoms with Crippen LogP contribution >= 0.6 is 0 Å². The Labute approximate surface area is 405 Å². The minimum absolute atomic E-state index is 0.141. The van der Waals surface area contributed by atoms with E-state index in [4.69, 9.17) is 37.9 Å². The second-order valence-electron chi connectivity index (χ2n) is 20.5. The Morgan fingerprint density at radius 3 is 1.03 bits per heavy atom. The highest BCUT2D eigenvalue weighted by Crippen LogP contribution is 2.47. The van der Waals surface area contributed by atoms with Crippen molar-refractivity contribution in [1.82, 2.24) is 26.6 Å². The van der Waals surface area contributed by atoms with Gasteiger partial charge in [-0.15, -0.1) is 0 Å². The molecular formula is C48H75N5O16. The molecule has 0 aromatic heterocycles. The zero-order valence-electron chi connectivity index (χ0n) is 42.1. The van der Waals surface area contributed by atoms with Gasteiger partial charge in [0.05, 0.1) is 0 Å². The minimum atomic E-state index is -1.11. The molecule has 2 rings (SSSR count). The van der Waals surface area contributed by atoms with E-state index in [9.17, 15) is 38.4 Å². The molecule has 21 heteroatoms. The van der Waals surface area contributed by atoms with Crippen molar-refractivity contribution in [2.24, 2.45) is 21.7 Å². The van der Waals surface area contributed by atoms with Crippen molar-refractivity contribution in [3.8, 4) is 0 Å². The van der Waals surface area contributed by atoms with E-state index in [1.165, 1.54) is 27.7 Å². The molecule has 0 spiro atoms. The summed E-state index contributed by atoms with van der Waals surface area (Å²) in [7, 11) is 0. The van der Waals surface area contributed by atoms with Crippen LogP contribution < -0.4 is 26.6 Å². The number of hydrogen-bond acceptors (Lipinski definition) is 17. The summed E-state index contributed by atoms with van der Waals surface area (Å²) in [5, 5.41) is 14.0. The molecule has 2 saturated carbocycles. The Kier molecular flexibility index (Phi) is 22.7. The molecule has 0 aromatic carbocycles. The first-order valence-electron chi connectivity index (χ1n) is 22.7. The molecule has 2 fully saturated rings. The maximum atomic E-state index is 12.9. The van der Waals surface area contributed by atoms with Crippen LogP contribution in [0.15, 0.2) is 48.6 Å². The van der Waals surface area contributed by atoms with Gasteiger partial charge in [-0.05, 0) is 87.9 Å². The molecule has 4 atom stereocenters. The van der Waals surface area contributed by atoms with Crippen LogP contribution in [0.4, 0.5) is 19.2 Å². The number of carbonyl (C=O) groups is 8. The fraction of sp³-hybridized carbons (Fsp3) is 0.667.